The molecule has 3 heteroatoms. The first-order chi connectivity index (χ1) is 13.9. The van der Waals surface area contributed by atoms with Gasteiger partial charge in [0.05, 0.1) is 0 Å². The van der Waals surface area contributed by atoms with Crippen LogP contribution in [-0.2, 0) is 14.9 Å². The third kappa shape index (κ3) is 4.19. The molecular formula is C26H23NO2. The highest BCUT2D eigenvalue weighted by molar-refractivity contribution is 6.12. The molecule has 0 saturated heterocycles. The summed E-state index contributed by atoms with van der Waals surface area (Å²) < 4.78 is 5.40. The summed E-state index contributed by atoms with van der Waals surface area (Å²) in [5.74, 6) is -0.0841. The summed E-state index contributed by atoms with van der Waals surface area (Å²) in [5.41, 5.74) is 5.61. The van der Waals surface area contributed by atoms with Crippen LogP contribution in [0.3, 0.4) is 0 Å². The minimum Gasteiger partial charge on any atom is -0.402 e. The van der Waals surface area contributed by atoms with Crippen LogP contribution in [0.4, 0.5) is 0 Å². The van der Waals surface area contributed by atoms with Crippen LogP contribution in [0.5, 0.6) is 0 Å². The molecule has 0 aromatic heterocycles. The predicted octanol–water partition coefficient (Wildman–Crippen LogP) is 6.00. The van der Waals surface area contributed by atoms with E-state index < -0.39 is 5.97 Å². The second-order valence-corrected chi connectivity index (χ2v) is 8.15. The Labute approximate surface area is 171 Å². The van der Waals surface area contributed by atoms with E-state index in [1.807, 2.05) is 54.6 Å². The van der Waals surface area contributed by atoms with Gasteiger partial charge in [0.1, 0.15) is 0 Å². The van der Waals surface area contributed by atoms with Crippen molar-refractivity contribution >= 4 is 17.9 Å². The average molecular weight is 381 g/mol. The maximum Gasteiger partial charge on any atom is 0.363 e. The lowest BCUT2D eigenvalue weighted by Crippen LogP contribution is -2.10. The van der Waals surface area contributed by atoms with Crippen molar-refractivity contribution in [2.24, 2.45) is 4.99 Å². The Bertz CT molecular complexity index is 1080. The highest BCUT2D eigenvalue weighted by Crippen LogP contribution is 2.25. The maximum atomic E-state index is 12.3. The number of hydrogen-bond donors (Lipinski definition) is 0. The van der Waals surface area contributed by atoms with E-state index in [0.29, 0.717) is 11.6 Å². The number of aliphatic imine (C=N–C) groups is 1. The van der Waals surface area contributed by atoms with Gasteiger partial charge in [0.15, 0.2) is 5.70 Å². The SMILES string of the molecule is CC(C)(C)c1ccc(/C=C2\N=C(c3ccc(-c4ccccc4)cc3)OC2=O)cc1. The molecule has 4 rings (SSSR count). The lowest BCUT2D eigenvalue weighted by molar-refractivity contribution is -0.129. The number of carbonyl (C=O) groups excluding carboxylic acids is 1. The fraction of sp³-hybridized carbons (Fsp3) is 0.154. The first-order valence-electron chi connectivity index (χ1n) is 9.69. The number of carbonyl (C=O) groups is 1. The van der Waals surface area contributed by atoms with E-state index in [4.69, 9.17) is 4.74 Å². The molecule has 0 atom stereocenters. The summed E-state index contributed by atoms with van der Waals surface area (Å²) in [4.78, 5) is 16.7. The average Bonchev–Trinajstić information content (AvgIpc) is 3.09. The Hall–Kier alpha value is -3.46. The summed E-state index contributed by atoms with van der Waals surface area (Å²) in [6.07, 6.45) is 1.76. The topological polar surface area (TPSA) is 38.7 Å². The molecule has 0 bridgehead atoms. The highest BCUT2D eigenvalue weighted by atomic mass is 16.6. The van der Waals surface area contributed by atoms with Crippen LogP contribution in [-0.4, -0.2) is 11.9 Å². The van der Waals surface area contributed by atoms with Gasteiger partial charge in [-0.2, -0.15) is 0 Å². The van der Waals surface area contributed by atoms with Gasteiger partial charge in [-0.1, -0.05) is 87.5 Å². The van der Waals surface area contributed by atoms with Crippen molar-refractivity contribution in [3.8, 4) is 11.1 Å². The third-order valence-electron chi connectivity index (χ3n) is 4.94. The van der Waals surface area contributed by atoms with Gasteiger partial charge in [-0.05, 0) is 45.9 Å². The number of cyclic esters (lactones) is 1. The third-order valence-corrected chi connectivity index (χ3v) is 4.94. The van der Waals surface area contributed by atoms with Gasteiger partial charge in [0.2, 0.25) is 5.90 Å². The van der Waals surface area contributed by atoms with E-state index in [2.05, 4.69) is 50.0 Å². The molecule has 1 heterocycles. The second kappa shape index (κ2) is 7.51. The summed E-state index contributed by atoms with van der Waals surface area (Å²) in [6.45, 7) is 6.53. The lowest BCUT2D eigenvalue weighted by atomic mass is 9.87. The van der Waals surface area contributed by atoms with E-state index in [1.165, 1.54) is 5.56 Å². The van der Waals surface area contributed by atoms with Crippen LogP contribution < -0.4 is 0 Å². The zero-order valence-electron chi connectivity index (χ0n) is 16.8. The first kappa shape index (κ1) is 18.9. The maximum absolute atomic E-state index is 12.3. The standard InChI is InChI=1S/C26H23NO2/c1-26(2,3)22-15-9-18(10-16-22)17-23-25(28)29-24(27-23)21-13-11-20(12-14-21)19-7-5-4-6-8-19/h4-17H,1-3H3/b23-17-. The van der Waals surface area contributed by atoms with Crippen LogP contribution in [0.15, 0.2) is 89.6 Å². The Morgan fingerprint density at radius 2 is 1.34 bits per heavy atom. The molecule has 0 spiro atoms. The number of nitrogens with zero attached hydrogens (tertiary/aromatic N) is 1. The van der Waals surface area contributed by atoms with Crippen molar-refractivity contribution in [2.45, 2.75) is 26.2 Å². The van der Waals surface area contributed by atoms with Crippen molar-refractivity contribution in [3.05, 3.63) is 101 Å². The molecule has 3 aromatic rings. The molecule has 0 saturated carbocycles. The highest BCUT2D eigenvalue weighted by Gasteiger charge is 2.24. The smallest absolute Gasteiger partial charge is 0.363 e. The lowest BCUT2D eigenvalue weighted by Gasteiger charge is -2.18. The Balaban J connectivity index is 1.56. The van der Waals surface area contributed by atoms with Crippen molar-refractivity contribution in [2.75, 3.05) is 0 Å². The Morgan fingerprint density at radius 3 is 1.97 bits per heavy atom. The van der Waals surface area contributed by atoms with Crippen LogP contribution in [0, 0.1) is 0 Å². The summed E-state index contributed by atoms with van der Waals surface area (Å²) in [6, 6.07) is 26.2. The molecule has 0 fully saturated rings. The molecule has 0 unspecified atom stereocenters. The van der Waals surface area contributed by atoms with E-state index in [9.17, 15) is 4.79 Å². The summed E-state index contributed by atoms with van der Waals surface area (Å²) in [7, 11) is 0. The first-order valence-corrected chi connectivity index (χ1v) is 9.69. The zero-order chi connectivity index (χ0) is 20.4. The van der Waals surface area contributed by atoms with Gasteiger partial charge in [0, 0.05) is 5.56 Å². The monoisotopic (exact) mass is 381 g/mol. The van der Waals surface area contributed by atoms with Crippen molar-refractivity contribution in [3.63, 3.8) is 0 Å². The van der Waals surface area contributed by atoms with E-state index in [-0.39, 0.29) is 5.41 Å². The fourth-order valence-corrected chi connectivity index (χ4v) is 3.21. The molecule has 0 amide bonds. The van der Waals surface area contributed by atoms with Gasteiger partial charge in [-0.15, -0.1) is 0 Å². The predicted molar refractivity (Wildman–Crippen MR) is 118 cm³/mol. The van der Waals surface area contributed by atoms with Gasteiger partial charge in [0.25, 0.3) is 0 Å². The van der Waals surface area contributed by atoms with Crippen LogP contribution in [0.1, 0.15) is 37.5 Å². The Morgan fingerprint density at radius 1 is 0.759 bits per heavy atom. The number of benzene rings is 3. The van der Waals surface area contributed by atoms with Gasteiger partial charge in [-0.25, -0.2) is 9.79 Å². The van der Waals surface area contributed by atoms with Crippen LogP contribution in [0.2, 0.25) is 0 Å². The zero-order valence-corrected chi connectivity index (χ0v) is 16.8. The molecule has 0 radical (unpaired) electrons. The number of rotatable bonds is 3. The molecule has 144 valence electrons. The molecule has 1 aliphatic heterocycles. The Kier molecular flexibility index (Phi) is 4.89. The van der Waals surface area contributed by atoms with Crippen LogP contribution in [0.25, 0.3) is 17.2 Å². The molecule has 3 aromatic carbocycles. The minimum atomic E-state index is -0.424. The molecule has 1 aliphatic rings. The van der Waals surface area contributed by atoms with Crippen LogP contribution >= 0.6 is 0 Å². The molecule has 29 heavy (non-hydrogen) atoms. The molecule has 3 nitrogen and oxygen atoms in total. The van der Waals surface area contributed by atoms with Crippen molar-refractivity contribution in [1.82, 2.24) is 0 Å². The molecule has 0 N–H and O–H groups in total. The van der Waals surface area contributed by atoms with E-state index in [0.717, 1.165) is 22.3 Å². The van der Waals surface area contributed by atoms with Gasteiger partial charge >= 0.3 is 5.97 Å². The summed E-state index contributed by atoms with van der Waals surface area (Å²) in [5, 5.41) is 0. The number of hydrogen-bond acceptors (Lipinski definition) is 3. The van der Waals surface area contributed by atoms with Gasteiger partial charge in [-0.3, -0.25) is 0 Å². The summed E-state index contributed by atoms with van der Waals surface area (Å²) >= 11 is 0. The fourth-order valence-electron chi connectivity index (χ4n) is 3.21. The van der Waals surface area contributed by atoms with E-state index >= 15 is 0 Å². The number of ether oxygens (including phenoxy) is 1. The van der Waals surface area contributed by atoms with Crippen molar-refractivity contribution < 1.29 is 9.53 Å². The normalized spacial score (nSPS) is 15.3. The largest absolute Gasteiger partial charge is 0.402 e. The minimum absolute atomic E-state index is 0.0925. The molecule has 0 aliphatic carbocycles. The van der Waals surface area contributed by atoms with Gasteiger partial charge < -0.3 is 4.74 Å². The number of esters is 1. The molecular weight excluding hydrogens is 358 g/mol. The quantitative estimate of drug-likeness (QED) is 0.412. The van der Waals surface area contributed by atoms with E-state index in [1.54, 1.807) is 6.08 Å². The second-order valence-electron chi connectivity index (χ2n) is 8.15. The van der Waals surface area contributed by atoms with Crippen molar-refractivity contribution in [1.29, 1.82) is 0 Å².